The number of aliphatic hydroxyl groups is 1. The number of hydrogen-bond acceptors (Lipinski definition) is 4. The third-order valence-electron chi connectivity index (χ3n) is 1.18. The second-order valence-electron chi connectivity index (χ2n) is 1.94. The summed E-state index contributed by atoms with van der Waals surface area (Å²) in [4.78, 5) is 13.0. The quantitative estimate of drug-likeness (QED) is 0.496. The fourth-order valence-electron chi connectivity index (χ4n) is 0.618. The van der Waals surface area contributed by atoms with Gasteiger partial charge in [0.1, 0.15) is 6.20 Å². The van der Waals surface area contributed by atoms with Gasteiger partial charge < -0.3 is 15.2 Å². The first-order valence-electron chi connectivity index (χ1n) is 2.94. The van der Waals surface area contributed by atoms with Gasteiger partial charge in [0.25, 0.3) is 0 Å². The fraction of sp³-hybridized carbons (Fsp3) is 0.167. The molecule has 0 aliphatic heterocycles. The van der Waals surface area contributed by atoms with Crippen LogP contribution in [-0.2, 0) is 6.61 Å². The van der Waals surface area contributed by atoms with Gasteiger partial charge in [-0.2, -0.15) is 0 Å². The predicted octanol–water partition coefficient (Wildman–Crippen LogP) is 0.482. The Morgan fingerprint density at radius 1 is 1.64 bits per heavy atom. The lowest BCUT2D eigenvalue weighted by Crippen LogP contribution is -1.92. The van der Waals surface area contributed by atoms with Crippen molar-refractivity contribution >= 4 is 5.82 Å². The second-order valence-corrected chi connectivity index (χ2v) is 1.94. The van der Waals surface area contributed by atoms with Crippen LogP contribution in [0, 0.1) is 10.1 Å². The summed E-state index contributed by atoms with van der Waals surface area (Å²) in [6, 6.07) is 2.72. The van der Waals surface area contributed by atoms with E-state index in [0.717, 1.165) is 0 Å². The summed E-state index contributed by atoms with van der Waals surface area (Å²) in [6.45, 7) is -0.148. The first-order chi connectivity index (χ1) is 5.24. The van der Waals surface area contributed by atoms with Gasteiger partial charge in [0.05, 0.1) is 6.61 Å². The van der Waals surface area contributed by atoms with Crippen molar-refractivity contribution in [1.29, 1.82) is 0 Å². The Bertz CT molecular complexity index is 257. The van der Waals surface area contributed by atoms with Gasteiger partial charge in [0.2, 0.25) is 0 Å². The molecule has 0 radical (unpaired) electrons. The topological polar surface area (TPSA) is 76.3 Å². The zero-order chi connectivity index (χ0) is 8.27. The molecule has 5 heteroatoms. The molecule has 0 aromatic carbocycles. The number of nitrogens with zero attached hydrogens (tertiary/aromatic N) is 2. The van der Waals surface area contributed by atoms with Crippen molar-refractivity contribution in [3.8, 4) is 0 Å². The van der Waals surface area contributed by atoms with E-state index in [4.69, 9.17) is 5.11 Å². The Balaban J connectivity index is 2.91. The molecule has 0 amide bonds. The van der Waals surface area contributed by atoms with E-state index in [2.05, 4.69) is 4.98 Å². The van der Waals surface area contributed by atoms with Crippen molar-refractivity contribution in [2.45, 2.75) is 6.61 Å². The van der Waals surface area contributed by atoms with Gasteiger partial charge in [-0.3, -0.25) is 0 Å². The summed E-state index contributed by atoms with van der Waals surface area (Å²) in [5, 5.41) is 18.6. The zero-order valence-electron chi connectivity index (χ0n) is 5.60. The molecule has 1 N–H and O–H groups in total. The summed E-state index contributed by atoms with van der Waals surface area (Å²) in [7, 11) is 0. The van der Waals surface area contributed by atoms with Crippen molar-refractivity contribution < 1.29 is 10.0 Å². The maximum Gasteiger partial charge on any atom is 0.363 e. The number of aliphatic hydroxyl groups excluding tert-OH is 1. The number of aromatic nitrogens is 1. The van der Waals surface area contributed by atoms with Gasteiger partial charge >= 0.3 is 5.82 Å². The van der Waals surface area contributed by atoms with Crippen LogP contribution in [0.4, 0.5) is 5.82 Å². The Kier molecular flexibility index (Phi) is 2.12. The van der Waals surface area contributed by atoms with Crippen LogP contribution in [-0.4, -0.2) is 15.0 Å². The highest BCUT2D eigenvalue weighted by molar-refractivity contribution is 5.22. The predicted molar refractivity (Wildman–Crippen MR) is 36.8 cm³/mol. The average molecular weight is 154 g/mol. The van der Waals surface area contributed by atoms with E-state index in [1.165, 1.54) is 18.3 Å². The van der Waals surface area contributed by atoms with E-state index in [-0.39, 0.29) is 12.4 Å². The number of nitro groups is 1. The molecule has 11 heavy (non-hydrogen) atoms. The number of pyridine rings is 1. The molecule has 0 aliphatic carbocycles. The third-order valence-corrected chi connectivity index (χ3v) is 1.18. The third kappa shape index (κ3) is 1.71. The molecule has 0 aliphatic rings. The van der Waals surface area contributed by atoms with Crippen LogP contribution in [0.2, 0.25) is 0 Å². The fourth-order valence-corrected chi connectivity index (χ4v) is 0.618. The first-order valence-corrected chi connectivity index (χ1v) is 2.94. The van der Waals surface area contributed by atoms with Crippen LogP contribution in [0.5, 0.6) is 0 Å². The molecule has 5 nitrogen and oxygen atoms in total. The lowest BCUT2D eigenvalue weighted by molar-refractivity contribution is -0.389. The Labute approximate surface area is 62.5 Å². The molecule has 0 fully saturated rings. The van der Waals surface area contributed by atoms with Crippen molar-refractivity contribution in [3.05, 3.63) is 34.0 Å². The first kappa shape index (κ1) is 7.62. The molecule has 0 saturated heterocycles. The Hall–Kier alpha value is -1.49. The molecule has 0 spiro atoms. The van der Waals surface area contributed by atoms with Crippen LogP contribution in [0.3, 0.4) is 0 Å². The lowest BCUT2D eigenvalue weighted by atomic mass is 10.3. The van der Waals surface area contributed by atoms with Crippen LogP contribution in [0.1, 0.15) is 5.56 Å². The zero-order valence-corrected chi connectivity index (χ0v) is 5.60. The summed E-state index contributed by atoms with van der Waals surface area (Å²) in [5.41, 5.74) is 0.565. The minimum absolute atomic E-state index is 0.148. The molecular formula is C6H6N2O3. The highest BCUT2D eigenvalue weighted by atomic mass is 16.6. The maximum absolute atomic E-state index is 10.1. The smallest absolute Gasteiger partial charge is 0.363 e. The normalized spacial score (nSPS) is 9.55. The molecular weight excluding hydrogens is 148 g/mol. The molecule has 58 valence electrons. The average Bonchev–Trinajstić information content (AvgIpc) is 2.05. The van der Waals surface area contributed by atoms with Crippen LogP contribution >= 0.6 is 0 Å². The standard InChI is InChI=1S/C6H6N2O3/c9-4-5-1-2-6(7-3-5)8(10)11/h1-3,9H,4H2. The summed E-state index contributed by atoms with van der Waals surface area (Å²) in [5.74, 6) is -0.206. The van der Waals surface area contributed by atoms with E-state index >= 15 is 0 Å². The van der Waals surface area contributed by atoms with E-state index in [0.29, 0.717) is 5.56 Å². The molecule has 0 bridgehead atoms. The van der Waals surface area contributed by atoms with E-state index in [9.17, 15) is 10.1 Å². The molecule has 0 saturated carbocycles. The molecule has 1 aromatic heterocycles. The van der Waals surface area contributed by atoms with E-state index in [1.807, 2.05) is 0 Å². The molecule has 0 atom stereocenters. The van der Waals surface area contributed by atoms with Gasteiger partial charge in [-0.05, 0) is 16.0 Å². The Morgan fingerprint density at radius 3 is 2.73 bits per heavy atom. The Morgan fingerprint density at radius 2 is 2.36 bits per heavy atom. The van der Waals surface area contributed by atoms with Crippen LogP contribution in [0.25, 0.3) is 0 Å². The molecule has 0 unspecified atom stereocenters. The van der Waals surface area contributed by atoms with Crippen molar-refractivity contribution in [1.82, 2.24) is 4.98 Å². The molecule has 1 aromatic rings. The minimum atomic E-state index is -0.582. The molecule has 1 rings (SSSR count). The van der Waals surface area contributed by atoms with Crippen molar-refractivity contribution in [2.24, 2.45) is 0 Å². The second kappa shape index (κ2) is 3.07. The lowest BCUT2D eigenvalue weighted by Gasteiger charge is -1.91. The van der Waals surface area contributed by atoms with Gasteiger partial charge in [0, 0.05) is 11.6 Å². The summed E-state index contributed by atoms with van der Waals surface area (Å²) >= 11 is 0. The van der Waals surface area contributed by atoms with Gasteiger partial charge in [-0.25, -0.2) is 0 Å². The van der Waals surface area contributed by atoms with Crippen molar-refractivity contribution in [3.63, 3.8) is 0 Å². The SMILES string of the molecule is O=[N+]([O-])c1ccc(CO)cn1. The largest absolute Gasteiger partial charge is 0.392 e. The minimum Gasteiger partial charge on any atom is -0.392 e. The molecule has 1 heterocycles. The highest BCUT2D eigenvalue weighted by Gasteiger charge is 2.04. The summed E-state index contributed by atoms with van der Waals surface area (Å²) in [6.07, 6.45) is 1.28. The highest BCUT2D eigenvalue weighted by Crippen LogP contribution is 2.06. The monoisotopic (exact) mass is 154 g/mol. The number of hydrogen-bond donors (Lipinski definition) is 1. The van der Waals surface area contributed by atoms with Crippen LogP contribution < -0.4 is 0 Å². The summed E-state index contributed by atoms with van der Waals surface area (Å²) < 4.78 is 0. The van der Waals surface area contributed by atoms with E-state index < -0.39 is 4.92 Å². The van der Waals surface area contributed by atoms with Crippen molar-refractivity contribution in [2.75, 3.05) is 0 Å². The van der Waals surface area contributed by atoms with Gasteiger partial charge in [0.15, 0.2) is 0 Å². The van der Waals surface area contributed by atoms with E-state index in [1.54, 1.807) is 0 Å². The van der Waals surface area contributed by atoms with Crippen LogP contribution in [0.15, 0.2) is 18.3 Å². The number of rotatable bonds is 2. The maximum atomic E-state index is 10.1. The van der Waals surface area contributed by atoms with Gasteiger partial charge in [-0.1, -0.05) is 0 Å². The van der Waals surface area contributed by atoms with Gasteiger partial charge in [-0.15, -0.1) is 0 Å².